The van der Waals surface area contributed by atoms with Gasteiger partial charge in [0.05, 0.1) is 5.69 Å². The molecule has 2 aromatic heterocycles. The summed E-state index contributed by atoms with van der Waals surface area (Å²) in [5.74, 6) is 0.652. The van der Waals surface area contributed by atoms with Crippen LogP contribution in [0.2, 0.25) is 0 Å². The maximum atomic E-state index is 12.8. The number of nitrogens with zero attached hydrogens (tertiary/aromatic N) is 3. The number of rotatable bonds is 5. The highest BCUT2D eigenvalue weighted by Crippen LogP contribution is 2.27. The van der Waals surface area contributed by atoms with Crippen LogP contribution in [0.3, 0.4) is 0 Å². The highest BCUT2D eigenvalue weighted by atomic mass is 32.2. The third-order valence-electron chi connectivity index (χ3n) is 4.92. The van der Waals surface area contributed by atoms with Crippen molar-refractivity contribution in [1.82, 2.24) is 13.9 Å². The van der Waals surface area contributed by atoms with Crippen LogP contribution in [0.4, 0.5) is 5.69 Å². The van der Waals surface area contributed by atoms with Gasteiger partial charge in [-0.2, -0.15) is 0 Å². The SMILES string of the molecule is CN(C)S(=O)(=O)c1ccsc1C(=O)Nc1cccc(-c2cn3c(n2)CCCC3)c1. The van der Waals surface area contributed by atoms with Crippen LogP contribution < -0.4 is 5.32 Å². The van der Waals surface area contributed by atoms with Crippen LogP contribution in [0.15, 0.2) is 46.8 Å². The normalized spacial score (nSPS) is 14.0. The Morgan fingerprint density at radius 3 is 2.83 bits per heavy atom. The Hall–Kier alpha value is -2.49. The molecule has 1 aliphatic rings. The van der Waals surface area contributed by atoms with E-state index >= 15 is 0 Å². The largest absolute Gasteiger partial charge is 0.334 e. The van der Waals surface area contributed by atoms with Crippen molar-refractivity contribution in [3.63, 3.8) is 0 Å². The van der Waals surface area contributed by atoms with E-state index in [4.69, 9.17) is 4.98 Å². The molecule has 0 fully saturated rings. The first-order valence-corrected chi connectivity index (χ1v) is 11.7. The summed E-state index contributed by atoms with van der Waals surface area (Å²) in [5, 5.41) is 4.43. The monoisotopic (exact) mass is 430 g/mol. The lowest BCUT2D eigenvalue weighted by Gasteiger charge is -2.12. The van der Waals surface area contributed by atoms with Gasteiger partial charge < -0.3 is 9.88 Å². The van der Waals surface area contributed by atoms with Gasteiger partial charge in [-0.25, -0.2) is 17.7 Å². The van der Waals surface area contributed by atoms with Crippen LogP contribution >= 0.6 is 11.3 Å². The Morgan fingerprint density at radius 2 is 2.07 bits per heavy atom. The Kier molecular flexibility index (Phi) is 5.28. The van der Waals surface area contributed by atoms with Crippen LogP contribution in [0.1, 0.15) is 28.3 Å². The van der Waals surface area contributed by atoms with Gasteiger partial charge in [0.2, 0.25) is 10.0 Å². The summed E-state index contributed by atoms with van der Waals surface area (Å²) in [6, 6.07) is 8.91. The molecule has 0 aliphatic carbocycles. The molecule has 0 radical (unpaired) electrons. The van der Waals surface area contributed by atoms with E-state index in [2.05, 4.69) is 16.1 Å². The third-order valence-corrected chi connectivity index (χ3v) is 7.82. The van der Waals surface area contributed by atoms with Crippen molar-refractivity contribution in [3.05, 3.63) is 52.6 Å². The number of thiophene rings is 1. The van der Waals surface area contributed by atoms with Crippen molar-refractivity contribution < 1.29 is 13.2 Å². The van der Waals surface area contributed by atoms with Crippen molar-refractivity contribution in [2.45, 2.75) is 30.7 Å². The summed E-state index contributed by atoms with van der Waals surface area (Å²) in [7, 11) is -0.790. The number of sulfonamides is 1. The van der Waals surface area contributed by atoms with Crippen molar-refractivity contribution in [2.75, 3.05) is 19.4 Å². The minimum Gasteiger partial charge on any atom is -0.334 e. The number of carbonyl (C=O) groups excluding carboxylic acids is 1. The number of anilines is 1. The lowest BCUT2D eigenvalue weighted by atomic mass is 10.1. The molecule has 9 heteroatoms. The fourth-order valence-electron chi connectivity index (χ4n) is 3.36. The van der Waals surface area contributed by atoms with Gasteiger partial charge in [0.1, 0.15) is 15.6 Å². The zero-order valence-corrected chi connectivity index (χ0v) is 17.9. The van der Waals surface area contributed by atoms with E-state index in [-0.39, 0.29) is 9.77 Å². The molecule has 1 aromatic carbocycles. The fourth-order valence-corrected chi connectivity index (χ4v) is 5.55. The van der Waals surface area contributed by atoms with Crippen molar-refractivity contribution >= 4 is 33.0 Å². The molecule has 3 aromatic rings. The number of hydrogen-bond donors (Lipinski definition) is 1. The molecule has 152 valence electrons. The Labute approximate surface area is 174 Å². The number of benzene rings is 1. The van der Waals surface area contributed by atoms with Gasteiger partial charge in [0, 0.05) is 44.5 Å². The van der Waals surface area contributed by atoms with Gasteiger partial charge in [0.25, 0.3) is 5.91 Å². The molecule has 1 amide bonds. The van der Waals surface area contributed by atoms with Gasteiger partial charge in [-0.1, -0.05) is 12.1 Å². The van der Waals surface area contributed by atoms with Crippen LogP contribution in [0.25, 0.3) is 11.3 Å². The molecule has 29 heavy (non-hydrogen) atoms. The summed E-state index contributed by atoms with van der Waals surface area (Å²) < 4.78 is 28.2. The Morgan fingerprint density at radius 1 is 1.24 bits per heavy atom. The molecule has 7 nitrogen and oxygen atoms in total. The average Bonchev–Trinajstić information content (AvgIpc) is 3.35. The highest BCUT2D eigenvalue weighted by molar-refractivity contribution is 7.89. The molecule has 1 N–H and O–H groups in total. The van der Waals surface area contributed by atoms with Crippen LogP contribution in [0, 0.1) is 0 Å². The average molecular weight is 431 g/mol. The third kappa shape index (κ3) is 3.85. The lowest BCUT2D eigenvalue weighted by molar-refractivity contribution is 0.102. The summed E-state index contributed by atoms with van der Waals surface area (Å²) >= 11 is 1.11. The molecule has 3 heterocycles. The minimum absolute atomic E-state index is 0.0166. The molecule has 0 unspecified atom stereocenters. The Balaban J connectivity index is 1.59. The first-order valence-electron chi connectivity index (χ1n) is 9.34. The second-order valence-corrected chi connectivity index (χ2v) is 10.2. The highest BCUT2D eigenvalue weighted by Gasteiger charge is 2.26. The second-order valence-electron chi connectivity index (χ2n) is 7.13. The van der Waals surface area contributed by atoms with Gasteiger partial charge in [0.15, 0.2) is 0 Å². The number of carbonyl (C=O) groups is 1. The van der Waals surface area contributed by atoms with Crippen molar-refractivity contribution in [3.8, 4) is 11.3 Å². The van der Waals surface area contributed by atoms with Crippen LogP contribution in [0.5, 0.6) is 0 Å². The maximum Gasteiger partial charge on any atom is 0.267 e. The van der Waals surface area contributed by atoms with E-state index in [0.717, 1.165) is 58.5 Å². The van der Waals surface area contributed by atoms with E-state index in [1.54, 1.807) is 11.4 Å². The zero-order valence-electron chi connectivity index (χ0n) is 16.3. The molecule has 1 aliphatic heterocycles. The maximum absolute atomic E-state index is 12.8. The molecule has 0 saturated heterocycles. The number of aryl methyl sites for hydroxylation is 2. The quantitative estimate of drug-likeness (QED) is 0.672. The molecule has 4 rings (SSSR count). The molecule has 0 spiro atoms. The number of fused-ring (bicyclic) bond motifs is 1. The number of aromatic nitrogens is 2. The van der Waals surface area contributed by atoms with E-state index in [1.807, 2.05) is 18.2 Å². The first-order chi connectivity index (χ1) is 13.9. The molecular weight excluding hydrogens is 408 g/mol. The van der Waals surface area contributed by atoms with E-state index in [9.17, 15) is 13.2 Å². The summed E-state index contributed by atoms with van der Waals surface area (Å²) in [6.45, 7) is 0.986. The smallest absolute Gasteiger partial charge is 0.267 e. The molecule has 0 atom stereocenters. The first kappa shape index (κ1) is 19.8. The zero-order chi connectivity index (χ0) is 20.6. The number of nitrogens with one attached hydrogen (secondary N) is 1. The van der Waals surface area contributed by atoms with Gasteiger partial charge >= 0.3 is 0 Å². The van der Waals surface area contributed by atoms with Crippen molar-refractivity contribution in [1.29, 1.82) is 0 Å². The standard InChI is InChI=1S/C20H22N4O3S2/c1-23(2)29(26,27)17-9-11-28-19(17)20(25)21-15-7-5-6-14(12-15)16-13-24-10-4-3-8-18(24)22-16/h5-7,9,11-13H,3-4,8,10H2,1-2H3,(H,21,25). The van der Waals surface area contributed by atoms with E-state index < -0.39 is 15.9 Å². The number of imidazole rings is 1. The number of hydrogen-bond acceptors (Lipinski definition) is 5. The van der Waals surface area contributed by atoms with Gasteiger partial charge in [-0.3, -0.25) is 4.79 Å². The Bertz CT molecular complexity index is 1140. The fraction of sp³-hybridized carbons (Fsp3) is 0.300. The van der Waals surface area contributed by atoms with Crippen LogP contribution in [-0.2, 0) is 23.0 Å². The molecular formula is C20H22N4O3S2. The topological polar surface area (TPSA) is 84.3 Å². The van der Waals surface area contributed by atoms with Gasteiger partial charge in [-0.15, -0.1) is 11.3 Å². The minimum atomic E-state index is -3.68. The van der Waals surface area contributed by atoms with E-state index in [1.165, 1.54) is 20.2 Å². The predicted octanol–water partition coefficient (Wildman–Crippen LogP) is 3.45. The molecule has 0 bridgehead atoms. The lowest BCUT2D eigenvalue weighted by Crippen LogP contribution is -2.24. The summed E-state index contributed by atoms with van der Waals surface area (Å²) in [4.78, 5) is 17.7. The van der Waals surface area contributed by atoms with E-state index in [0.29, 0.717) is 5.69 Å². The number of amides is 1. The van der Waals surface area contributed by atoms with Gasteiger partial charge in [-0.05, 0) is 36.4 Å². The second kappa shape index (κ2) is 7.74. The summed E-state index contributed by atoms with van der Waals surface area (Å²) in [5.41, 5.74) is 2.39. The predicted molar refractivity (Wildman–Crippen MR) is 114 cm³/mol. The van der Waals surface area contributed by atoms with Crippen molar-refractivity contribution in [2.24, 2.45) is 0 Å². The van der Waals surface area contributed by atoms with Crippen LogP contribution in [-0.4, -0.2) is 42.3 Å². The summed E-state index contributed by atoms with van der Waals surface area (Å²) in [6.07, 6.45) is 5.36. The molecule has 0 saturated carbocycles.